The number of nitrogens with zero attached hydrogens (tertiary/aromatic N) is 2. The van der Waals surface area contributed by atoms with E-state index in [1.165, 1.54) is 4.90 Å². The molecule has 1 aromatic heterocycles. The lowest BCUT2D eigenvalue weighted by molar-refractivity contribution is -0.122. The summed E-state index contributed by atoms with van der Waals surface area (Å²) in [6, 6.07) is 5.14. The molecule has 6 heteroatoms. The quantitative estimate of drug-likeness (QED) is 0.856. The fraction of sp³-hybridized carbons (Fsp3) is 0.417. The first-order valence-electron chi connectivity index (χ1n) is 5.57. The molecule has 0 unspecified atom stereocenters. The van der Waals surface area contributed by atoms with Crippen molar-refractivity contribution >= 4 is 27.7 Å². The minimum atomic E-state index is -0.282. The number of carbonyl (C=O) groups is 2. The summed E-state index contributed by atoms with van der Waals surface area (Å²) in [4.78, 5) is 28.9. The van der Waals surface area contributed by atoms with Gasteiger partial charge in [0.1, 0.15) is 10.3 Å². The van der Waals surface area contributed by atoms with E-state index >= 15 is 0 Å². The molecule has 5 nitrogen and oxygen atoms in total. The molecule has 0 bridgehead atoms. The molecule has 1 rings (SSSR count). The van der Waals surface area contributed by atoms with Crippen molar-refractivity contribution in [1.82, 2.24) is 15.2 Å². The number of aromatic nitrogens is 1. The lowest BCUT2D eigenvalue weighted by Crippen LogP contribution is -2.41. The first-order chi connectivity index (χ1) is 8.40. The second-order valence-electron chi connectivity index (χ2n) is 4.23. The van der Waals surface area contributed by atoms with Crippen molar-refractivity contribution in [2.45, 2.75) is 19.9 Å². The van der Waals surface area contributed by atoms with E-state index in [9.17, 15) is 9.59 Å². The monoisotopic (exact) mass is 313 g/mol. The Morgan fingerprint density at radius 2 is 2.11 bits per heavy atom. The molecule has 0 aliphatic heterocycles. The van der Waals surface area contributed by atoms with Gasteiger partial charge in [-0.2, -0.15) is 0 Å². The van der Waals surface area contributed by atoms with Crippen molar-refractivity contribution in [2.24, 2.45) is 0 Å². The van der Waals surface area contributed by atoms with Gasteiger partial charge in [0.25, 0.3) is 5.91 Å². The molecule has 1 heterocycles. The summed E-state index contributed by atoms with van der Waals surface area (Å²) in [7, 11) is 1.57. The summed E-state index contributed by atoms with van der Waals surface area (Å²) < 4.78 is 0.591. The Labute approximate surface area is 115 Å². The predicted molar refractivity (Wildman–Crippen MR) is 72.2 cm³/mol. The molecule has 18 heavy (non-hydrogen) atoms. The highest BCUT2D eigenvalue weighted by atomic mass is 79.9. The van der Waals surface area contributed by atoms with Crippen molar-refractivity contribution in [1.29, 1.82) is 0 Å². The number of hydrogen-bond donors (Lipinski definition) is 1. The number of pyridine rings is 1. The van der Waals surface area contributed by atoms with Crippen LogP contribution in [0.25, 0.3) is 0 Å². The van der Waals surface area contributed by atoms with Crippen LogP contribution in [0.4, 0.5) is 0 Å². The van der Waals surface area contributed by atoms with Gasteiger partial charge in [0, 0.05) is 13.1 Å². The molecular formula is C12H16BrN3O2. The van der Waals surface area contributed by atoms with Gasteiger partial charge in [-0.3, -0.25) is 9.59 Å². The summed E-state index contributed by atoms with van der Waals surface area (Å²) in [5.41, 5.74) is 0.309. The number of hydrogen-bond acceptors (Lipinski definition) is 3. The van der Waals surface area contributed by atoms with Crippen molar-refractivity contribution in [3.63, 3.8) is 0 Å². The highest BCUT2D eigenvalue weighted by Crippen LogP contribution is 2.07. The Bertz CT molecular complexity index is 449. The lowest BCUT2D eigenvalue weighted by atomic mass is 10.3. The molecule has 98 valence electrons. The Balaban J connectivity index is 2.64. The fourth-order valence-corrected chi connectivity index (χ4v) is 1.72. The van der Waals surface area contributed by atoms with Crippen molar-refractivity contribution < 1.29 is 9.59 Å². The lowest BCUT2D eigenvalue weighted by Gasteiger charge is -2.17. The third-order valence-corrected chi connectivity index (χ3v) is 2.55. The molecule has 0 saturated carbocycles. The summed E-state index contributed by atoms with van der Waals surface area (Å²) >= 11 is 3.20. The molecule has 0 aromatic carbocycles. The fourth-order valence-electron chi connectivity index (χ4n) is 1.38. The molecule has 0 atom stereocenters. The Morgan fingerprint density at radius 1 is 1.44 bits per heavy atom. The first-order valence-corrected chi connectivity index (χ1v) is 6.37. The first kappa shape index (κ1) is 14.6. The summed E-state index contributed by atoms with van der Waals surface area (Å²) in [6.45, 7) is 3.76. The van der Waals surface area contributed by atoms with Crippen LogP contribution in [0.5, 0.6) is 0 Å². The third kappa shape index (κ3) is 4.44. The van der Waals surface area contributed by atoms with Crippen LogP contribution in [-0.2, 0) is 4.79 Å². The number of likely N-dealkylation sites (N-methyl/N-ethyl adjacent to an activating group) is 1. The average Bonchev–Trinajstić information content (AvgIpc) is 2.26. The Morgan fingerprint density at radius 3 is 2.67 bits per heavy atom. The van der Waals surface area contributed by atoms with Gasteiger partial charge < -0.3 is 10.2 Å². The molecule has 0 aliphatic carbocycles. The van der Waals surface area contributed by atoms with Crippen LogP contribution < -0.4 is 5.32 Å². The second kappa shape index (κ2) is 6.49. The van der Waals surface area contributed by atoms with Gasteiger partial charge in [-0.25, -0.2) is 4.98 Å². The minimum absolute atomic E-state index is 0.0191. The van der Waals surface area contributed by atoms with Gasteiger partial charge in [-0.05, 0) is 41.9 Å². The van der Waals surface area contributed by atoms with Crippen molar-refractivity contribution in [3.05, 3.63) is 28.5 Å². The number of nitrogens with one attached hydrogen (secondary N) is 1. The molecule has 2 amide bonds. The minimum Gasteiger partial charge on any atom is -0.352 e. The maximum absolute atomic E-state index is 12.0. The van der Waals surface area contributed by atoms with Crippen LogP contribution in [0.3, 0.4) is 0 Å². The van der Waals surface area contributed by atoms with Crippen LogP contribution in [-0.4, -0.2) is 41.3 Å². The SMILES string of the molecule is CC(C)NC(=O)CN(C)C(=O)c1cccc(Br)n1. The topological polar surface area (TPSA) is 62.3 Å². The van der Waals surface area contributed by atoms with Crippen LogP contribution in [0.15, 0.2) is 22.8 Å². The average molecular weight is 314 g/mol. The Hall–Kier alpha value is -1.43. The third-order valence-electron chi connectivity index (χ3n) is 2.11. The van der Waals surface area contributed by atoms with Gasteiger partial charge in [-0.15, -0.1) is 0 Å². The zero-order valence-corrected chi connectivity index (χ0v) is 12.2. The molecule has 0 fully saturated rings. The van der Waals surface area contributed by atoms with E-state index < -0.39 is 0 Å². The van der Waals surface area contributed by atoms with Crippen molar-refractivity contribution in [3.8, 4) is 0 Å². The zero-order chi connectivity index (χ0) is 13.7. The van der Waals surface area contributed by atoms with Crippen LogP contribution in [0.1, 0.15) is 24.3 Å². The van der Waals surface area contributed by atoms with Gasteiger partial charge in [0.15, 0.2) is 0 Å². The maximum atomic E-state index is 12.0. The van der Waals surface area contributed by atoms with E-state index in [1.807, 2.05) is 13.8 Å². The van der Waals surface area contributed by atoms with E-state index in [0.717, 1.165) is 0 Å². The molecule has 1 aromatic rings. The highest BCUT2D eigenvalue weighted by Gasteiger charge is 2.16. The number of amides is 2. The largest absolute Gasteiger partial charge is 0.352 e. The highest BCUT2D eigenvalue weighted by molar-refractivity contribution is 9.10. The molecule has 0 aliphatic rings. The zero-order valence-electron chi connectivity index (χ0n) is 10.6. The van der Waals surface area contributed by atoms with E-state index in [1.54, 1.807) is 25.2 Å². The molecule has 0 radical (unpaired) electrons. The van der Waals surface area contributed by atoms with Crippen LogP contribution in [0.2, 0.25) is 0 Å². The summed E-state index contributed by atoms with van der Waals surface area (Å²) in [5, 5.41) is 2.73. The van der Waals surface area contributed by atoms with Gasteiger partial charge in [0.2, 0.25) is 5.91 Å². The van der Waals surface area contributed by atoms with Gasteiger partial charge in [0.05, 0.1) is 6.54 Å². The van der Waals surface area contributed by atoms with Crippen molar-refractivity contribution in [2.75, 3.05) is 13.6 Å². The number of rotatable bonds is 4. The molecular weight excluding hydrogens is 298 g/mol. The predicted octanol–water partition coefficient (Wildman–Crippen LogP) is 1.44. The second-order valence-corrected chi connectivity index (χ2v) is 5.04. The maximum Gasteiger partial charge on any atom is 0.272 e. The normalized spacial score (nSPS) is 10.3. The smallest absolute Gasteiger partial charge is 0.272 e. The molecule has 0 saturated heterocycles. The van der Waals surface area contributed by atoms with E-state index in [2.05, 4.69) is 26.2 Å². The number of carbonyl (C=O) groups excluding carboxylic acids is 2. The standard InChI is InChI=1S/C12H16BrN3O2/c1-8(2)14-11(17)7-16(3)12(18)9-5-4-6-10(13)15-9/h4-6,8H,7H2,1-3H3,(H,14,17). The van der Waals surface area contributed by atoms with E-state index in [0.29, 0.717) is 10.3 Å². The van der Waals surface area contributed by atoms with Gasteiger partial charge in [-0.1, -0.05) is 6.07 Å². The molecule has 1 N–H and O–H groups in total. The van der Waals surface area contributed by atoms with E-state index in [4.69, 9.17) is 0 Å². The number of halogens is 1. The van der Waals surface area contributed by atoms with Crippen LogP contribution >= 0.6 is 15.9 Å². The van der Waals surface area contributed by atoms with Gasteiger partial charge >= 0.3 is 0 Å². The van der Waals surface area contributed by atoms with E-state index in [-0.39, 0.29) is 24.4 Å². The summed E-state index contributed by atoms with van der Waals surface area (Å²) in [6.07, 6.45) is 0. The summed E-state index contributed by atoms with van der Waals surface area (Å²) in [5.74, 6) is -0.467. The van der Waals surface area contributed by atoms with Crippen LogP contribution in [0, 0.1) is 0 Å². The Kier molecular flexibility index (Phi) is 5.27. The molecule has 0 spiro atoms.